The number of anilines is 2. The Kier molecular flexibility index (Phi) is 8.02. The first kappa shape index (κ1) is 34.4. The van der Waals surface area contributed by atoms with Crippen molar-refractivity contribution in [2.24, 2.45) is 0 Å². The topological polar surface area (TPSA) is 16.4 Å². The summed E-state index contributed by atoms with van der Waals surface area (Å²) in [5.74, 6) is 0.244. The molecule has 0 fully saturated rings. The summed E-state index contributed by atoms with van der Waals surface area (Å²) in [5.41, 5.74) is 11.1. The van der Waals surface area contributed by atoms with Crippen LogP contribution in [-0.4, -0.2) is 0 Å². The van der Waals surface area contributed by atoms with Gasteiger partial charge in [-0.05, 0) is 97.2 Å². The molecule has 282 valence electrons. The zero-order valence-electron chi connectivity index (χ0n) is 32.9. The van der Waals surface area contributed by atoms with Gasteiger partial charge in [-0.3, -0.25) is 0 Å². The lowest BCUT2D eigenvalue weighted by atomic mass is 9.85. The lowest BCUT2D eigenvalue weighted by Crippen LogP contribution is -2.18. The maximum atomic E-state index is 6.92. The highest BCUT2D eigenvalue weighted by Gasteiger charge is 2.24. The quantitative estimate of drug-likeness (QED) is 0.157. The zero-order valence-corrected chi connectivity index (χ0v) is 32.9. The summed E-state index contributed by atoms with van der Waals surface area (Å²) in [4.78, 5) is 2.43. The number of para-hydroxylation sites is 2. The number of furan rings is 1. The zero-order chi connectivity index (χ0) is 39.6. The first-order valence-corrected chi connectivity index (χ1v) is 20.9. The van der Waals surface area contributed by atoms with Crippen LogP contribution in [0.25, 0.3) is 87.3 Å². The van der Waals surface area contributed by atoms with E-state index >= 15 is 0 Å². The van der Waals surface area contributed by atoms with Crippen molar-refractivity contribution in [1.82, 2.24) is 0 Å². The van der Waals surface area contributed by atoms with Gasteiger partial charge >= 0.3 is 0 Å². The lowest BCUT2D eigenvalue weighted by molar-refractivity contribution is 0.674. The number of hydrogen-bond acceptors (Lipinski definition) is 2. The smallest absolute Gasteiger partial charge is 0.143 e. The van der Waals surface area contributed by atoms with Gasteiger partial charge in [0, 0.05) is 44.6 Å². The Labute approximate surface area is 348 Å². The van der Waals surface area contributed by atoms with Crippen molar-refractivity contribution in [3.8, 4) is 22.3 Å². The third-order valence-corrected chi connectivity index (χ3v) is 12.6. The van der Waals surface area contributed by atoms with Crippen LogP contribution >= 0.6 is 0 Å². The summed E-state index contributed by atoms with van der Waals surface area (Å²) >= 11 is 0. The van der Waals surface area contributed by atoms with Crippen molar-refractivity contribution < 1.29 is 4.42 Å². The Balaban J connectivity index is 1.01. The third kappa shape index (κ3) is 5.56. The highest BCUT2D eigenvalue weighted by atomic mass is 16.3. The van der Waals surface area contributed by atoms with Crippen molar-refractivity contribution in [2.75, 3.05) is 4.90 Å². The molecule has 0 saturated carbocycles. The molecular formula is C58H39NO. The molecule has 1 heterocycles. The normalized spacial score (nSPS) is 14.1. The van der Waals surface area contributed by atoms with Gasteiger partial charge in [-0.1, -0.05) is 182 Å². The van der Waals surface area contributed by atoms with E-state index in [9.17, 15) is 0 Å². The minimum Gasteiger partial charge on any atom is -0.455 e. The van der Waals surface area contributed by atoms with E-state index in [2.05, 4.69) is 223 Å². The van der Waals surface area contributed by atoms with Gasteiger partial charge in [0.2, 0.25) is 0 Å². The van der Waals surface area contributed by atoms with E-state index in [0.29, 0.717) is 0 Å². The fraction of sp³-hybridized carbons (Fsp3) is 0.0345. The SMILES string of the molecule is C1=CC(c2cc3ccccc3c3ccccc23)CC=C1N(c1ccc(-c2cccc3ccccc23)cc1)c1ccccc1-c1cccc2c1oc1c3ccccc3ccc21. The lowest BCUT2D eigenvalue weighted by Gasteiger charge is -2.31. The summed E-state index contributed by atoms with van der Waals surface area (Å²) in [7, 11) is 0. The minimum atomic E-state index is 0.244. The second kappa shape index (κ2) is 14.0. The van der Waals surface area contributed by atoms with E-state index in [1.54, 1.807) is 0 Å². The first-order chi connectivity index (χ1) is 29.8. The fourth-order valence-electron chi connectivity index (χ4n) is 9.72. The Morgan fingerprint density at radius 2 is 1.02 bits per heavy atom. The van der Waals surface area contributed by atoms with Crippen molar-refractivity contribution in [1.29, 1.82) is 0 Å². The van der Waals surface area contributed by atoms with Crippen LogP contribution in [-0.2, 0) is 0 Å². The molecule has 1 aliphatic carbocycles. The van der Waals surface area contributed by atoms with Crippen LogP contribution in [0.1, 0.15) is 17.9 Å². The number of benzene rings is 10. The van der Waals surface area contributed by atoms with Crippen LogP contribution < -0.4 is 4.90 Å². The molecule has 0 amide bonds. The van der Waals surface area contributed by atoms with Gasteiger partial charge < -0.3 is 9.32 Å². The molecule has 0 aliphatic heterocycles. The summed E-state index contributed by atoms with van der Waals surface area (Å²) in [6.07, 6.45) is 8.06. The predicted molar refractivity (Wildman–Crippen MR) is 254 cm³/mol. The molecule has 1 atom stereocenters. The molecule has 11 aromatic rings. The van der Waals surface area contributed by atoms with E-state index in [1.807, 2.05) is 0 Å². The fourth-order valence-corrected chi connectivity index (χ4v) is 9.72. The van der Waals surface area contributed by atoms with Gasteiger partial charge in [-0.2, -0.15) is 0 Å². The van der Waals surface area contributed by atoms with Crippen LogP contribution in [0.2, 0.25) is 0 Å². The van der Waals surface area contributed by atoms with E-state index in [4.69, 9.17) is 4.42 Å². The van der Waals surface area contributed by atoms with Crippen LogP contribution in [0.3, 0.4) is 0 Å². The van der Waals surface area contributed by atoms with Crippen molar-refractivity contribution in [3.63, 3.8) is 0 Å². The molecule has 2 nitrogen and oxygen atoms in total. The summed E-state index contributed by atoms with van der Waals surface area (Å²) in [6, 6.07) is 72.6. The van der Waals surface area contributed by atoms with Gasteiger partial charge in [-0.25, -0.2) is 0 Å². The standard InChI is InChI=1S/C58H39NO/c1-4-17-45-38(13-1)16-11-23-46(45)40-27-32-43(33-28-40)59(44-34-29-41(30-35-44)55-37-42-15-3-5-18-47(42)49-20-7-8-21-50(49)55)56-26-10-9-22-51(56)52-24-12-25-53-54-36-31-39-14-2-6-19-48(39)57(54)60-58(52)53/h1-29,31-37,41H,30H2. The molecular weight excluding hydrogens is 727 g/mol. The Hall–Kier alpha value is -7.68. The predicted octanol–water partition coefficient (Wildman–Crippen LogP) is 16.3. The monoisotopic (exact) mass is 765 g/mol. The largest absolute Gasteiger partial charge is 0.455 e. The van der Waals surface area contributed by atoms with E-state index in [-0.39, 0.29) is 5.92 Å². The minimum absolute atomic E-state index is 0.244. The second-order valence-corrected chi connectivity index (χ2v) is 15.9. The Morgan fingerprint density at radius 1 is 0.417 bits per heavy atom. The number of fused-ring (bicyclic) bond motifs is 9. The van der Waals surface area contributed by atoms with Gasteiger partial charge in [0.05, 0.1) is 5.69 Å². The number of nitrogens with zero attached hydrogens (tertiary/aromatic N) is 1. The molecule has 60 heavy (non-hydrogen) atoms. The highest BCUT2D eigenvalue weighted by Crippen LogP contribution is 2.46. The van der Waals surface area contributed by atoms with Crippen LogP contribution in [0, 0.1) is 0 Å². The van der Waals surface area contributed by atoms with Gasteiger partial charge in [0.15, 0.2) is 0 Å². The average molecular weight is 766 g/mol. The van der Waals surface area contributed by atoms with Crippen LogP contribution in [0.15, 0.2) is 229 Å². The molecule has 0 N–H and O–H groups in total. The van der Waals surface area contributed by atoms with Crippen LogP contribution in [0.4, 0.5) is 11.4 Å². The number of hydrogen-bond donors (Lipinski definition) is 0. The molecule has 12 rings (SSSR count). The maximum absolute atomic E-state index is 6.92. The molecule has 2 heteroatoms. The van der Waals surface area contributed by atoms with E-state index < -0.39 is 0 Å². The molecule has 0 radical (unpaired) electrons. The molecule has 0 spiro atoms. The van der Waals surface area contributed by atoms with Crippen LogP contribution in [0.5, 0.6) is 0 Å². The van der Waals surface area contributed by atoms with E-state index in [1.165, 1.54) is 54.4 Å². The van der Waals surface area contributed by atoms with Gasteiger partial charge in [-0.15, -0.1) is 0 Å². The van der Waals surface area contributed by atoms with Gasteiger partial charge in [0.25, 0.3) is 0 Å². The molecule has 0 saturated heterocycles. The second-order valence-electron chi connectivity index (χ2n) is 15.9. The molecule has 10 aromatic carbocycles. The van der Waals surface area contributed by atoms with E-state index in [0.717, 1.165) is 61.9 Å². The van der Waals surface area contributed by atoms with Gasteiger partial charge in [0.1, 0.15) is 11.2 Å². The van der Waals surface area contributed by atoms with Crippen molar-refractivity contribution in [2.45, 2.75) is 12.3 Å². The summed E-state index contributed by atoms with van der Waals surface area (Å²) in [5, 5.41) is 12.3. The molecule has 1 aliphatic rings. The first-order valence-electron chi connectivity index (χ1n) is 20.9. The maximum Gasteiger partial charge on any atom is 0.143 e. The molecule has 1 aromatic heterocycles. The van der Waals surface area contributed by atoms with Crippen molar-refractivity contribution in [3.05, 3.63) is 230 Å². The Morgan fingerprint density at radius 3 is 1.83 bits per heavy atom. The summed E-state index contributed by atoms with van der Waals surface area (Å²) in [6.45, 7) is 0. The highest BCUT2D eigenvalue weighted by molar-refractivity contribution is 6.17. The summed E-state index contributed by atoms with van der Waals surface area (Å²) < 4.78 is 6.92. The van der Waals surface area contributed by atoms with Crippen molar-refractivity contribution >= 4 is 76.4 Å². The molecule has 1 unspecified atom stereocenters. The number of allylic oxidation sites excluding steroid dienone is 3. The third-order valence-electron chi connectivity index (χ3n) is 12.6. The Bertz CT molecular complexity index is 3530. The average Bonchev–Trinajstić information content (AvgIpc) is 3.72. The number of rotatable bonds is 6. The molecule has 0 bridgehead atoms.